The summed E-state index contributed by atoms with van der Waals surface area (Å²) in [5.74, 6) is 5.51. The third kappa shape index (κ3) is 5.00. The summed E-state index contributed by atoms with van der Waals surface area (Å²) in [5.41, 5.74) is 4.36. The van der Waals surface area contributed by atoms with Crippen LogP contribution in [-0.4, -0.2) is 19.0 Å². The second kappa shape index (κ2) is 10.3. The monoisotopic (exact) mass is 456 g/mol. The fraction of sp³-hybridized carbons (Fsp3) is 0.935. The number of rotatable bonds is 7. The van der Waals surface area contributed by atoms with Crippen molar-refractivity contribution >= 4 is 0 Å². The van der Waals surface area contributed by atoms with E-state index >= 15 is 0 Å². The topological polar surface area (TPSA) is 18.5 Å². The molecular formula is C31H52O2. The first-order valence-corrected chi connectivity index (χ1v) is 14.9. The molecule has 1 aliphatic heterocycles. The van der Waals surface area contributed by atoms with Crippen molar-refractivity contribution in [3.63, 3.8) is 0 Å². The molecule has 0 N–H and O–H groups in total. The molecule has 2 heteroatoms. The van der Waals surface area contributed by atoms with Crippen LogP contribution in [0.2, 0.25) is 0 Å². The molecule has 1 saturated heterocycles. The zero-order chi connectivity index (χ0) is 23.0. The first-order chi connectivity index (χ1) is 16.0. The predicted octanol–water partition coefficient (Wildman–Crippen LogP) is 8.69. The quantitative estimate of drug-likeness (QED) is 0.282. The number of hydrogen-bond acceptors (Lipinski definition) is 2. The molecule has 0 aromatic rings. The second-order valence-corrected chi connectivity index (χ2v) is 13.4. The maximum absolute atomic E-state index is 6.47. The molecule has 4 aliphatic carbocycles. The van der Waals surface area contributed by atoms with E-state index in [2.05, 4.69) is 27.7 Å². The lowest BCUT2D eigenvalue weighted by atomic mass is 9.51. The number of allylic oxidation sites excluding steroid dienone is 1. The second-order valence-electron chi connectivity index (χ2n) is 13.4. The van der Waals surface area contributed by atoms with Crippen LogP contribution >= 0.6 is 0 Å². The molecule has 8 unspecified atom stereocenters. The van der Waals surface area contributed by atoms with Gasteiger partial charge in [-0.2, -0.15) is 0 Å². The number of fused-ring (bicyclic) bond motifs is 4. The lowest BCUT2D eigenvalue weighted by Crippen LogP contribution is -2.45. The fourth-order valence-electron chi connectivity index (χ4n) is 9.17. The summed E-state index contributed by atoms with van der Waals surface area (Å²) >= 11 is 0. The molecule has 2 saturated carbocycles. The van der Waals surface area contributed by atoms with Crippen molar-refractivity contribution in [2.24, 2.45) is 40.9 Å². The van der Waals surface area contributed by atoms with Crippen LogP contribution < -0.4 is 0 Å². The van der Waals surface area contributed by atoms with Crippen molar-refractivity contribution in [2.45, 2.75) is 136 Å². The number of hydrogen-bond donors (Lipinski definition) is 0. The molecule has 0 bridgehead atoms. The third-order valence-electron chi connectivity index (χ3n) is 11.0. The Morgan fingerprint density at radius 2 is 1.91 bits per heavy atom. The lowest BCUT2D eigenvalue weighted by molar-refractivity contribution is -0.190. The van der Waals surface area contributed by atoms with Crippen LogP contribution in [0.15, 0.2) is 11.1 Å². The lowest BCUT2D eigenvalue weighted by Gasteiger charge is -2.54. The Balaban J connectivity index is 1.23. The Morgan fingerprint density at radius 1 is 1.03 bits per heavy atom. The van der Waals surface area contributed by atoms with Crippen molar-refractivity contribution in [1.82, 2.24) is 0 Å². The molecule has 0 spiro atoms. The van der Waals surface area contributed by atoms with Crippen LogP contribution in [0.1, 0.15) is 124 Å². The summed E-state index contributed by atoms with van der Waals surface area (Å²) in [6.07, 6.45) is 21.1. The average molecular weight is 457 g/mol. The van der Waals surface area contributed by atoms with Crippen LogP contribution in [0.4, 0.5) is 0 Å². The molecule has 188 valence electrons. The minimum Gasteiger partial charge on any atom is -0.353 e. The van der Waals surface area contributed by atoms with Crippen LogP contribution in [0.3, 0.4) is 0 Å². The third-order valence-corrected chi connectivity index (χ3v) is 11.0. The SMILES string of the molecule is CC(C)CCCCC1CCC2C3CC(C)C4=C(CCC(OC5CCCCO5)C4)C3CCC12C. The first-order valence-electron chi connectivity index (χ1n) is 14.9. The molecule has 3 fully saturated rings. The molecular weight excluding hydrogens is 404 g/mol. The van der Waals surface area contributed by atoms with Crippen molar-refractivity contribution < 1.29 is 9.47 Å². The molecule has 8 atom stereocenters. The molecule has 0 aromatic carbocycles. The van der Waals surface area contributed by atoms with Gasteiger partial charge in [-0.15, -0.1) is 0 Å². The Morgan fingerprint density at radius 3 is 2.70 bits per heavy atom. The van der Waals surface area contributed by atoms with Gasteiger partial charge in [-0.3, -0.25) is 0 Å². The van der Waals surface area contributed by atoms with E-state index in [4.69, 9.17) is 9.47 Å². The van der Waals surface area contributed by atoms with Gasteiger partial charge in [0.15, 0.2) is 6.29 Å². The van der Waals surface area contributed by atoms with E-state index in [1.54, 1.807) is 0 Å². The van der Waals surface area contributed by atoms with Gasteiger partial charge in [-0.05, 0) is 118 Å². The Hall–Kier alpha value is -0.340. The van der Waals surface area contributed by atoms with E-state index in [0.29, 0.717) is 11.5 Å². The van der Waals surface area contributed by atoms with Gasteiger partial charge < -0.3 is 9.47 Å². The molecule has 0 radical (unpaired) electrons. The van der Waals surface area contributed by atoms with Gasteiger partial charge in [0.05, 0.1) is 6.10 Å². The molecule has 5 rings (SSSR count). The Kier molecular flexibility index (Phi) is 7.63. The highest BCUT2D eigenvalue weighted by Crippen LogP contribution is 2.64. The van der Waals surface area contributed by atoms with E-state index in [1.165, 1.54) is 89.9 Å². The molecule has 1 heterocycles. The molecule has 33 heavy (non-hydrogen) atoms. The molecule has 0 aromatic heterocycles. The van der Waals surface area contributed by atoms with Gasteiger partial charge in [0.25, 0.3) is 0 Å². The smallest absolute Gasteiger partial charge is 0.157 e. The van der Waals surface area contributed by atoms with Gasteiger partial charge >= 0.3 is 0 Å². The van der Waals surface area contributed by atoms with Gasteiger partial charge in [-0.1, -0.05) is 58.1 Å². The minimum absolute atomic E-state index is 0.0730. The standard InChI is InChI=1S/C31H52O2/c1-21(2)9-5-6-10-23-12-15-29-28-19-22(3)27-20-24(33-30-11-7-8-18-32-30)13-14-25(27)26(28)16-17-31(23,29)4/h21-24,26,28-30H,5-20H2,1-4H3. The van der Waals surface area contributed by atoms with Crippen LogP contribution in [0.5, 0.6) is 0 Å². The Bertz CT molecular complexity index is 689. The maximum Gasteiger partial charge on any atom is 0.157 e. The van der Waals surface area contributed by atoms with Crippen LogP contribution in [0, 0.1) is 40.9 Å². The zero-order valence-electron chi connectivity index (χ0n) is 22.2. The predicted molar refractivity (Wildman–Crippen MR) is 137 cm³/mol. The summed E-state index contributed by atoms with van der Waals surface area (Å²) in [7, 11) is 0. The highest BCUT2D eigenvalue weighted by molar-refractivity contribution is 5.29. The van der Waals surface area contributed by atoms with Gasteiger partial charge in [-0.25, -0.2) is 0 Å². The van der Waals surface area contributed by atoms with Gasteiger partial charge in [0.1, 0.15) is 0 Å². The van der Waals surface area contributed by atoms with Crippen LogP contribution in [0.25, 0.3) is 0 Å². The van der Waals surface area contributed by atoms with Crippen molar-refractivity contribution in [3.8, 4) is 0 Å². The van der Waals surface area contributed by atoms with Crippen molar-refractivity contribution in [2.75, 3.05) is 6.61 Å². The van der Waals surface area contributed by atoms with E-state index in [-0.39, 0.29) is 6.29 Å². The fourth-order valence-corrected chi connectivity index (χ4v) is 9.17. The van der Waals surface area contributed by atoms with E-state index in [1.807, 2.05) is 11.1 Å². The summed E-state index contributed by atoms with van der Waals surface area (Å²) in [5, 5.41) is 0. The Labute approximate surface area is 204 Å². The first kappa shape index (κ1) is 24.4. The molecule has 5 aliphatic rings. The maximum atomic E-state index is 6.47. The summed E-state index contributed by atoms with van der Waals surface area (Å²) in [6.45, 7) is 10.9. The van der Waals surface area contributed by atoms with E-state index in [0.717, 1.165) is 48.5 Å². The summed E-state index contributed by atoms with van der Waals surface area (Å²) < 4.78 is 12.4. The number of unbranched alkanes of at least 4 members (excludes halogenated alkanes) is 1. The van der Waals surface area contributed by atoms with E-state index in [9.17, 15) is 0 Å². The van der Waals surface area contributed by atoms with Crippen molar-refractivity contribution in [3.05, 3.63) is 11.1 Å². The molecule has 2 nitrogen and oxygen atoms in total. The summed E-state index contributed by atoms with van der Waals surface area (Å²) in [4.78, 5) is 0. The largest absolute Gasteiger partial charge is 0.353 e. The summed E-state index contributed by atoms with van der Waals surface area (Å²) in [6, 6.07) is 0. The molecule has 0 amide bonds. The normalized spacial score (nSPS) is 43.4. The van der Waals surface area contributed by atoms with Crippen molar-refractivity contribution in [1.29, 1.82) is 0 Å². The van der Waals surface area contributed by atoms with E-state index < -0.39 is 0 Å². The zero-order valence-corrected chi connectivity index (χ0v) is 22.2. The minimum atomic E-state index is 0.0730. The van der Waals surface area contributed by atoms with Crippen LogP contribution in [-0.2, 0) is 9.47 Å². The highest BCUT2D eigenvalue weighted by atomic mass is 16.7. The average Bonchev–Trinajstić information content (AvgIpc) is 3.14. The van der Waals surface area contributed by atoms with Gasteiger partial charge in [0.2, 0.25) is 0 Å². The highest BCUT2D eigenvalue weighted by Gasteiger charge is 2.55. The van der Waals surface area contributed by atoms with Gasteiger partial charge in [0, 0.05) is 6.61 Å². The number of ether oxygens (including phenoxy) is 2.